The monoisotopic (exact) mass is 477 g/mol. The van der Waals surface area contributed by atoms with Gasteiger partial charge in [0.15, 0.2) is 0 Å². The molecule has 172 valence electrons. The number of hydrogen-bond acceptors (Lipinski definition) is 3. The Bertz CT molecular complexity index is 1200. The molecule has 0 aliphatic carbocycles. The topological polar surface area (TPSA) is 79.3 Å². The van der Waals surface area contributed by atoms with Crippen LogP contribution in [-0.2, 0) is 4.79 Å². The van der Waals surface area contributed by atoms with Crippen LogP contribution in [0.5, 0.6) is 0 Å². The van der Waals surface area contributed by atoms with Gasteiger partial charge in [0.25, 0.3) is 0 Å². The third-order valence-corrected chi connectivity index (χ3v) is 5.78. The largest absolute Gasteiger partial charge is 0.353 e. The lowest BCUT2D eigenvalue weighted by atomic mass is 10.0. The lowest BCUT2D eigenvalue weighted by molar-refractivity contribution is -0.126. The molecule has 1 aliphatic rings. The van der Waals surface area contributed by atoms with Gasteiger partial charge >= 0.3 is 6.03 Å². The summed E-state index contributed by atoms with van der Waals surface area (Å²) in [5.74, 6) is -2.70. The number of aromatic nitrogens is 2. The summed E-state index contributed by atoms with van der Waals surface area (Å²) in [4.78, 5) is 26.3. The van der Waals surface area contributed by atoms with Crippen LogP contribution in [0.3, 0.4) is 0 Å². The summed E-state index contributed by atoms with van der Waals surface area (Å²) < 4.78 is 43.4. The number of piperazine rings is 1. The van der Waals surface area contributed by atoms with E-state index in [9.17, 15) is 22.8 Å². The molecule has 1 saturated heterocycles. The molecule has 3 amide bonds. The van der Waals surface area contributed by atoms with Gasteiger partial charge in [-0.3, -0.25) is 4.79 Å². The van der Waals surface area contributed by atoms with Crippen LogP contribution in [0.1, 0.15) is 24.1 Å². The SMILES string of the molecule is C[C@@H]1C(=O)NCCN1C(=O)NC(c1cnn(-c2ccc(F)cc2)c1)c1ccc(F)c(Cl)c1F. The molecule has 1 fully saturated rings. The average Bonchev–Trinajstić information content (AvgIpc) is 3.28. The predicted octanol–water partition coefficient (Wildman–Crippen LogP) is 3.56. The number of rotatable bonds is 4. The number of halogens is 4. The van der Waals surface area contributed by atoms with Crippen LogP contribution >= 0.6 is 11.6 Å². The summed E-state index contributed by atoms with van der Waals surface area (Å²) in [5, 5.41) is 8.88. The van der Waals surface area contributed by atoms with Gasteiger partial charge in [-0.15, -0.1) is 0 Å². The summed E-state index contributed by atoms with van der Waals surface area (Å²) in [6.45, 7) is 2.11. The van der Waals surface area contributed by atoms with E-state index in [1.165, 1.54) is 52.3 Å². The number of urea groups is 1. The zero-order chi connectivity index (χ0) is 23.7. The summed E-state index contributed by atoms with van der Waals surface area (Å²) >= 11 is 5.78. The highest BCUT2D eigenvalue weighted by atomic mass is 35.5. The van der Waals surface area contributed by atoms with Crippen molar-refractivity contribution in [1.29, 1.82) is 0 Å². The molecule has 33 heavy (non-hydrogen) atoms. The van der Waals surface area contributed by atoms with Gasteiger partial charge in [-0.25, -0.2) is 22.6 Å². The molecule has 1 unspecified atom stereocenters. The Morgan fingerprint density at radius 2 is 1.94 bits per heavy atom. The number of benzene rings is 2. The fourth-order valence-corrected chi connectivity index (χ4v) is 3.76. The number of carbonyl (C=O) groups is 2. The third-order valence-electron chi connectivity index (χ3n) is 5.43. The molecule has 0 bridgehead atoms. The van der Waals surface area contributed by atoms with Gasteiger partial charge in [0.1, 0.15) is 28.5 Å². The number of hydrogen-bond donors (Lipinski definition) is 2. The standard InChI is InChI=1S/C22H19ClF3N5O2/c1-12-21(32)27-8-9-30(12)22(33)29-20(16-6-7-17(25)18(23)19(16)26)13-10-28-31(11-13)15-4-2-14(24)3-5-15/h2-7,10-12,20H,8-9H2,1H3,(H,27,32)(H,29,33)/t12-,20?/m1/s1. The van der Waals surface area contributed by atoms with Gasteiger partial charge in [-0.2, -0.15) is 5.10 Å². The van der Waals surface area contributed by atoms with Crippen molar-refractivity contribution in [2.45, 2.75) is 19.0 Å². The normalized spacial score (nSPS) is 16.9. The van der Waals surface area contributed by atoms with Crippen molar-refractivity contribution >= 4 is 23.5 Å². The first-order chi connectivity index (χ1) is 15.8. The van der Waals surface area contributed by atoms with Gasteiger partial charge in [-0.1, -0.05) is 17.7 Å². The van der Waals surface area contributed by atoms with Gasteiger partial charge < -0.3 is 15.5 Å². The fourth-order valence-electron chi connectivity index (χ4n) is 3.59. The van der Waals surface area contributed by atoms with Crippen LogP contribution < -0.4 is 10.6 Å². The minimum absolute atomic E-state index is 0.0810. The second kappa shape index (κ2) is 9.14. The second-order valence-electron chi connectivity index (χ2n) is 7.50. The maximum absolute atomic E-state index is 14.9. The first kappa shape index (κ1) is 22.7. The van der Waals surface area contributed by atoms with Crippen molar-refractivity contribution < 1.29 is 22.8 Å². The van der Waals surface area contributed by atoms with Crippen molar-refractivity contribution in [1.82, 2.24) is 25.3 Å². The van der Waals surface area contributed by atoms with Crippen molar-refractivity contribution in [3.8, 4) is 5.69 Å². The number of amides is 3. The number of nitrogens with zero attached hydrogens (tertiary/aromatic N) is 3. The molecule has 2 aromatic carbocycles. The quantitative estimate of drug-likeness (QED) is 0.564. The second-order valence-corrected chi connectivity index (χ2v) is 7.88. The lowest BCUT2D eigenvalue weighted by Crippen LogP contribution is -2.58. The number of carbonyl (C=O) groups excluding carboxylic acids is 2. The molecule has 0 spiro atoms. The van der Waals surface area contributed by atoms with E-state index in [0.29, 0.717) is 11.3 Å². The molecule has 2 N–H and O–H groups in total. The minimum atomic E-state index is -1.10. The molecule has 4 rings (SSSR count). The van der Waals surface area contributed by atoms with Gasteiger partial charge in [-0.05, 0) is 37.3 Å². The molecular weight excluding hydrogens is 459 g/mol. The zero-order valence-electron chi connectivity index (χ0n) is 17.4. The van der Waals surface area contributed by atoms with Crippen LogP contribution in [0.25, 0.3) is 5.69 Å². The molecule has 1 aromatic heterocycles. The Balaban J connectivity index is 1.71. The van der Waals surface area contributed by atoms with Gasteiger partial charge in [0.05, 0.1) is 17.9 Å². The molecule has 2 atom stereocenters. The maximum atomic E-state index is 14.9. The Morgan fingerprint density at radius 3 is 2.67 bits per heavy atom. The highest BCUT2D eigenvalue weighted by molar-refractivity contribution is 6.31. The van der Waals surface area contributed by atoms with Crippen LogP contribution in [-0.4, -0.2) is 45.8 Å². The molecule has 3 aromatic rings. The molecule has 11 heteroatoms. The van der Waals surface area contributed by atoms with E-state index in [4.69, 9.17) is 11.6 Å². The third kappa shape index (κ3) is 4.51. The minimum Gasteiger partial charge on any atom is -0.353 e. The first-order valence-electron chi connectivity index (χ1n) is 10.0. The first-order valence-corrected chi connectivity index (χ1v) is 10.4. The van der Waals surface area contributed by atoms with E-state index in [1.54, 1.807) is 6.92 Å². The Kier molecular flexibility index (Phi) is 6.28. The summed E-state index contributed by atoms with van der Waals surface area (Å²) in [6.07, 6.45) is 2.93. The van der Waals surface area contributed by atoms with E-state index in [-0.39, 0.29) is 24.6 Å². The molecule has 7 nitrogen and oxygen atoms in total. The van der Waals surface area contributed by atoms with E-state index >= 15 is 0 Å². The van der Waals surface area contributed by atoms with Gasteiger partial charge in [0.2, 0.25) is 5.91 Å². The molecular formula is C22H19ClF3N5O2. The maximum Gasteiger partial charge on any atom is 0.318 e. The summed E-state index contributed by atoms with van der Waals surface area (Å²) in [5.41, 5.74) is 0.817. The van der Waals surface area contributed by atoms with Crippen LogP contribution in [0.2, 0.25) is 5.02 Å². The van der Waals surface area contributed by atoms with E-state index in [2.05, 4.69) is 15.7 Å². The van der Waals surface area contributed by atoms with Crippen molar-refractivity contribution in [2.24, 2.45) is 0 Å². The highest BCUT2D eigenvalue weighted by Gasteiger charge is 2.32. The Hall–Kier alpha value is -3.53. The van der Waals surface area contributed by atoms with E-state index in [1.807, 2.05) is 0 Å². The molecule has 0 radical (unpaired) electrons. The molecule has 1 aliphatic heterocycles. The van der Waals surface area contributed by atoms with Crippen LogP contribution in [0.15, 0.2) is 48.8 Å². The van der Waals surface area contributed by atoms with Gasteiger partial charge in [0, 0.05) is 30.4 Å². The van der Waals surface area contributed by atoms with Crippen molar-refractivity contribution in [3.05, 3.63) is 82.4 Å². The lowest BCUT2D eigenvalue weighted by Gasteiger charge is -2.34. The highest BCUT2D eigenvalue weighted by Crippen LogP contribution is 2.30. The van der Waals surface area contributed by atoms with Crippen molar-refractivity contribution in [2.75, 3.05) is 13.1 Å². The predicted molar refractivity (Wildman–Crippen MR) is 114 cm³/mol. The zero-order valence-corrected chi connectivity index (χ0v) is 18.1. The summed E-state index contributed by atoms with van der Waals surface area (Å²) in [6, 6.07) is 5.27. The van der Waals surface area contributed by atoms with Crippen LogP contribution in [0.4, 0.5) is 18.0 Å². The molecule has 0 saturated carbocycles. The van der Waals surface area contributed by atoms with E-state index < -0.39 is 40.6 Å². The Morgan fingerprint density at radius 1 is 1.21 bits per heavy atom. The van der Waals surface area contributed by atoms with Crippen LogP contribution in [0, 0.1) is 17.5 Å². The summed E-state index contributed by atoms with van der Waals surface area (Å²) in [7, 11) is 0. The number of nitrogens with one attached hydrogen (secondary N) is 2. The van der Waals surface area contributed by atoms with E-state index in [0.717, 1.165) is 6.07 Å². The fraction of sp³-hybridized carbons (Fsp3) is 0.227. The Labute approximate surface area is 192 Å². The molecule has 2 heterocycles. The smallest absolute Gasteiger partial charge is 0.318 e. The average molecular weight is 478 g/mol. The van der Waals surface area contributed by atoms with Crippen molar-refractivity contribution in [3.63, 3.8) is 0 Å².